The predicted octanol–water partition coefficient (Wildman–Crippen LogP) is 2.78. The highest BCUT2D eigenvalue weighted by Crippen LogP contribution is 2.28. The molecule has 4 rings (SSSR count). The van der Waals surface area contributed by atoms with Crippen molar-refractivity contribution in [2.75, 3.05) is 31.1 Å². The molecule has 0 bridgehead atoms. The van der Waals surface area contributed by atoms with Crippen LogP contribution in [0.3, 0.4) is 0 Å². The zero-order valence-electron chi connectivity index (χ0n) is 14.5. The first-order chi connectivity index (χ1) is 12.6. The fraction of sp³-hybridized carbons (Fsp3) is 0.389. The van der Waals surface area contributed by atoms with Crippen molar-refractivity contribution in [3.63, 3.8) is 0 Å². The van der Waals surface area contributed by atoms with Gasteiger partial charge in [0.1, 0.15) is 11.3 Å². The summed E-state index contributed by atoms with van der Waals surface area (Å²) in [5.74, 6) is 0.107. The van der Waals surface area contributed by atoms with Crippen LogP contribution in [0.5, 0.6) is 0 Å². The van der Waals surface area contributed by atoms with Crippen molar-refractivity contribution in [2.24, 2.45) is 0 Å². The molecule has 3 heterocycles. The molecule has 1 aliphatic rings. The van der Waals surface area contributed by atoms with Crippen molar-refractivity contribution in [3.05, 3.63) is 47.7 Å². The SMILES string of the molecule is CCc1nc(CN2CCN(c3ccnc4c(F)cc(F)cc34)CC2)no1. The summed E-state index contributed by atoms with van der Waals surface area (Å²) in [5, 5.41) is 4.49. The van der Waals surface area contributed by atoms with Crippen molar-refractivity contribution in [1.29, 1.82) is 0 Å². The third kappa shape index (κ3) is 3.24. The third-order valence-corrected chi connectivity index (χ3v) is 4.63. The molecule has 136 valence electrons. The Morgan fingerprint density at radius 1 is 1.15 bits per heavy atom. The van der Waals surface area contributed by atoms with Gasteiger partial charge in [-0.15, -0.1) is 0 Å². The molecule has 0 saturated carbocycles. The van der Waals surface area contributed by atoms with Gasteiger partial charge in [-0.3, -0.25) is 9.88 Å². The van der Waals surface area contributed by atoms with E-state index in [0.29, 0.717) is 23.6 Å². The van der Waals surface area contributed by atoms with Gasteiger partial charge in [0.15, 0.2) is 11.6 Å². The zero-order valence-corrected chi connectivity index (χ0v) is 14.5. The van der Waals surface area contributed by atoms with Crippen LogP contribution in [0.1, 0.15) is 18.6 Å². The van der Waals surface area contributed by atoms with Crippen LogP contribution in [-0.4, -0.2) is 46.2 Å². The van der Waals surface area contributed by atoms with Crippen molar-refractivity contribution in [1.82, 2.24) is 20.0 Å². The minimum absolute atomic E-state index is 0.199. The normalized spacial score (nSPS) is 15.7. The highest BCUT2D eigenvalue weighted by Gasteiger charge is 2.21. The summed E-state index contributed by atoms with van der Waals surface area (Å²) < 4.78 is 32.8. The summed E-state index contributed by atoms with van der Waals surface area (Å²) in [6.07, 6.45) is 2.29. The number of nitrogens with zero attached hydrogens (tertiary/aromatic N) is 5. The monoisotopic (exact) mass is 359 g/mol. The molecule has 1 fully saturated rings. The number of piperazine rings is 1. The summed E-state index contributed by atoms with van der Waals surface area (Å²) in [7, 11) is 0. The van der Waals surface area contributed by atoms with E-state index in [2.05, 4.69) is 24.9 Å². The van der Waals surface area contributed by atoms with Crippen molar-refractivity contribution in [2.45, 2.75) is 19.9 Å². The van der Waals surface area contributed by atoms with Crippen molar-refractivity contribution in [3.8, 4) is 0 Å². The molecule has 0 aliphatic carbocycles. The molecule has 1 aromatic carbocycles. The second-order valence-corrected chi connectivity index (χ2v) is 6.33. The maximum absolute atomic E-state index is 14.0. The molecule has 3 aromatic rings. The third-order valence-electron chi connectivity index (χ3n) is 4.63. The molecule has 1 saturated heterocycles. The van der Waals surface area contributed by atoms with Gasteiger partial charge in [0.05, 0.1) is 6.54 Å². The van der Waals surface area contributed by atoms with Crippen LogP contribution in [0.2, 0.25) is 0 Å². The number of anilines is 1. The highest BCUT2D eigenvalue weighted by molar-refractivity contribution is 5.92. The van der Waals surface area contributed by atoms with Gasteiger partial charge < -0.3 is 9.42 Å². The lowest BCUT2D eigenvalue weighted by atomic mass is 10.1. The van der Waals surface area contributed by atoms with E-state index in [1.807, 2.05) is 13.0 Å². The zero-order chi connectivity index (χ0) is 18.1. The summed E-state index contributed by atoms with van der Waals surface area (Å²) >= 11 is 0. The summed E-state index contributed by atoms with van der Waals surface area (Å²) in [6.45, 7) is 5.71. The number of halogens is 2. The second-order valence-electron chi connectivity index (χ2n) is 6.33. The van der Waals surface area contributed by atoms with E-state index in [0.717, 1.165) is 44.4 Å². The van der Waals surface area contributed by atoms with Gasteiger partial charge in [0, 0.05) is 55.9 Å². The van der Waals surface area contributed by atoms with E-state index in [4.69, 9.17) is 4.52 Å². The number of aromatic nitrogens is 3. The lowest BCUT2D eigenvalue weighted by molar-refractivity contribution is 0.240. The smallest absolute Gasteiger partial charge is 0.226 e. The Bertz CT molecular complexity index is 921. The molecule has 0 unspecified atom stereocenters. The first kappa shape index (κ1) is 16.8. The molecule has 8 heteroatoms. The maximum Gasteiger partial charge on any atom is 0.226 e. The Labute approximate surface area is 149 Å². The van der Waals surface area contributed by atoms with Gasteiger partial charge in [-0.2, -0.15) is 4.98 Å². The molecular weight excluding hydrogens is 340 g/mol. The van der Waals surface area contributed by atoms with E-state index in [-0.39, 0.29) is 5.52 Å². The minimum atomic E-state index is -0.635. The quantitative estimate of drug-likeness (QED) is 0.714. The number of aryl methyl sites for hydroxylation is 1. The van der Waals surface area contributed by atoms with Crippen LogP contribution in [-0.2, 0) is 13.0 Å². The van der Waals surface area contributed by atoms with Crippen molar-refractivity contribution >= 4 is 16.6 Å². The van der Waals surface area contributed by atoms with Crippen molar-refractivity contribution < 1.29 is 13.3 Å². The van der Waals surface area contributed by atoms with Gasteiger partial charge in [0.2, 0.25) is 5.89 Å². The highest BCUT2D eigenvalue weighted by atomic mass is 19.1. The summed E-state index contributed by atoms with van der Waals surface area (Å²) in [6, 6.07) is 4.02. The number of benzene rings is 1. The number of pyridine rings is 1. The Kier molecular flexibility index (Phi) is 4.50. The van der Waals surface area contributed by atoms with Gasteiger partial charge in [-0.25, -0.2) is 8.78 Å². The van der Waals surface area contributed by atoms with E-state index in [9.17, 15) is 8.78 Å². The largest absolute Gasteiger partial charge is 0.368 e. The average Bonchev–Trinajstić information content (AvgIpc) is 3.09. The number of fused-ring (bicyclic) bond motifs is 1. The van der Waals surface area contributed by atoms with E-state index in [1.54, 1.807) is 6.20 Å². The predicted molar refractivity (Wildman–Crippen MR) is 92.8 cm³/mol. The molecule has 6 nitrogen and oxygen atoms in total. The average molecular weight is 359 g/mol. The fourth-order valence-corrected chi connectivity index (χ4v) is 3.29. The lowest BCUT2D eigenvalue weighted by Gasteiger charge is -2.36. The van der Waals surface area contributed by atoms with Gasteiger partial charge >= 0.3 is 0 Å². The number of hydrogen-bond donors (Lipinski definition) is 0. The van der Waals surface area contributed by atoms with E-state index in [1.165, 1.54) is 6.07 Å². The fourth-order valence-electron chi connectivity index (χ4n) is 3.29. The van der Waals surface area contributed by atoms with E-state index >= 15 is 0 Å². The Hall–Kier alpha value is -2.61. The first-order valence-corrected chi connectivity index (χ1v) is 8.66. The van der Waals surface area contributed by atoms with Crippen LogP contribution >= 0.6 is 0 Å². The summed E-state index contributed by atoms with van der Waals surface area (Å²) in [4.78, 5) is 12.8. The van der Waals surface area contributed by atoms with Crippen LogP contribution in [0.4, 0.5) is 14.5 Å². The molecule has 2 aromatic heterocycles. The lowest BCUT2D eigenvalue weighted by Crippen LogP contribution is -2.46. The molecule has 26 heavy (non-hydrogen) atoms. The molecule has 0 amide bonds. The second kappa shape index (κ2) is 6.95. The molecule has 1 aliphatic heterocycles. The minimum Gasteiger partial charge on any atom is -0.368 e. The maximum atomic E-state index is 14.0. The number of rotatable bonds is 4. The molecule has 0 atom stereocenters. The first-order valence-electron chi connectivity index (χ1n) is 8.66. The molecule has 0 radical (unpaired) electrons. The topological polar surface area (TPSA) is 58.3 Å². The van der Waals surface area contributed by atoms with Crippen LogP contribution in [0.15, 0.2) is 28.9 Å². The molecular formula is C18H19F2N5O. The van der Waals surface area contributed by atoms with Crippen LogP contribution < -0.4 is 4.90 Å². The Balaban J connectivity index is 1.49. The summed E-state index contributed by atoms with van der Waals surface area (Å²) in [5.41, 5.74) is 1.01. The van der Waals surface area contributed by atoms with Crippen LogP contribution in [0.25, 0.3) is 10.9 Å². The van der Waals surface area contributed by atoms with E-state index < -0.39 is 11.6 Å². The standard InChI is InChI=1S/C18H19F2N5O/c1-2-17-22-16(23-26-17)11-24-5-7-25(8-6-24)15-3-4-21-18-13(15)9-12(19)10-14(18)20/h3-4,9-10H,2,5-8,11H2,1H3. The molecule has 0 spiro atoms. The van der Waals surface area contributed by atoms with Crippen LogP contribution in [0, 0.1) is 11.6 Å². The molecule has 0 N–H and O–H groups in total. The Morgan fingerprint density at radius 3 is 2.69 bits per heavy atom. The number of hydrogen-bond acceptors (Lipinski definition) is 6. The van der Waals surface area contributed by atoms with Gasteiger partial charge in [-0.1, -0.05) is 12.1 Å². The Morgan fingerprint density at radius 2 is 1.96 bits per heavy atom. The van der Waals surface area contributed by atoms with Gasteiger partial charge in [0.25, 0.3) is 0 Å². The van der Waals surface area contributed by atoms with Gasteiger partial charge in [-0.05, 0) is 12.1 Å².